The quantitative estimate of drug-likeness (QED) is 0.748. The Morgan fingerprint density at radius 3 is 2.75 bits per heavy atom. The highest BCUT2D eigenvalue weighted by atomic mass is 15.0. The molecule has 0 aliphatic heterocycles. The Balaban J connectivity index is 2.22. The van der Waals surface area contributed by atoms with E-state index < -0.39 is 0 Å². The molecular formula is C16H24N4. The van der Waals surface area contributed by atoms with Crippen LogP contribution >= 0.6 is 0 Å². The van der Waals surface area contributed by atoms with Crippen molar-refractivity contribution in [2.75, 3.05) is 11.1 Å². The van der Waals surface area contributed by atoms with E-state index in [2.05, 4.69) is 29.1 Å². The molecule has 0 aliphatic rings. The minimum atomic E-state index is 0.482. The van der Waals surface area contributed by atoms with Gasteiger partial charge in [-0.25, -0.2) is 9.97 Å². The molecule has 1 aromatic carbocycles. The van der Waals surface area contributed by atoms with E-state index in [9.17, 15) is 0 Å². The molecule has 1 aromatic heterocycles. The molecular weight excluding hydrogens is 248 g/mol. The molecule has 20 heavy (non-hydrogen) atoms. The summed E-state index contributed by atoms with van der Waals surface area (Å²) in [6, 6.07) is 6.27. The summed E-state index contributed by atoms with van der Waals surface area (Å²) in [5.41, 5.74) is 7.44. The second-order valence-electron chi connectivity index (χ2n) is 5.27. The lowest BCUT2D eigenvalue weighted by Crippen LogP contribution is -2.20. The molecule has 1 unspecified atom stereocenters. The maximum Gasteiger partial charge on any atom is 0.137 e. The monoisotopic (exact) mass is 272 g/mol. The van der Waals surface area contributed by atoms with Crippen molar-refractivity contribution in [1.29, 1.82) is 0 Å². The van der Waals surface area contributed by atoms with E-state index in [4.69, 9.17) is 5.73 Å². The van der Waals surface area contributed by atoms with E-state index in [1.165, 1.54) is 32.1 Å². The van der Waals surface area contributed by atoms with Gasteiger partial charge in [0.1, 0.15) is 12.1 Å². The molecule has 4 heteroatoms. The maximum atomic E-state index is 5.81. The number of fused-ring (bicyclic) bond motifs is 1. The lowest BCUT2D eigenvalue weighted by molar-refractivity contribution is 0.563. The number of aromatic nitrogens is 2. The van der Waals surface area contributed by atoms with Crippen LogP contribution < -0.4 is 11.1 Å². The number of nitrogens with two attached hydrogens (primary N) is 1. The van der Waals surface area contributed by atoms with Crippen molar-refractivity contribution >= 4 is 22.4 Å². The van der Waals surface area contributed by atoms with Crippen molar-refractivity contribution in [3.63, 3.8) is 0 Å². The average Bonchev–Trinajstić information content (AvgIpc) is 2.45. The molecule has 0 saturated heterocycles. The topological polar surface area (TPSA) is 63.8 Å². The van der Waals surface area contributed by atoms with Crippen LogP contribution in [0, 0.1) is 0 Å². The first-order valence-electron chi connectivity index (χ1n) is 7.51. The summed E-state index contributed by atoms with van der Waals surface area (Å²) < 4.78 is 0. The molecule has 0 fully saturated rings. The van der Waals surface area contributed by atoms with Crippen LogP contribution in [0.4, 0.5) is 11.5 Å². The van der Waals surface area contributed by atoms with Gasteiger partial charge in [0.2, 0.25) is 0 Å². The number of benzene rings is 1. The summed E-state index contributed by atoms with van der Waals surface area (Å²) in [5.74, 6) is 0.921. The molecule has 0 amide bonds. The second-order valence-corrected chi connectivity index (χ2v) is 5.27. The number of nitrogen functional groups attached to an aromatic ring is 1. The molecule has 0 bridgehead atoms. The summed E-state index contributed by atoms with van der Waals surface area (Å²) in [4.78, 5) is 8.69. The van der Waals surface area contributed by atoms with Crippen molar-refractivity contribution in [2.45, 2.75) is 52.0 Å². The van der Waals surface area contributed by atoms with Gasteiger partial charge in [-0.1, -0.05) is 33.1 Å². The van der Waals surface area contributed by atoms with Gasteiger partial charge in [0.25, 0.3) is 0 Å². The van der Waals surface area contributed by atoms with Crippen LogP contribution in [0.15, 0.2) is 24.5 Å². The zero-order chi connectivity index (χ0) is 14.4. The zero-order valence-corrected chi connectivity index (χ0v) is 12.4. The van der Waals surface area contributed by atoms with E-state index in [0.717, 1.165) is 22.4 Å². The zero-order valence-electron chi connectivity index (χ0n) is 12.4. The van der Waals surface area contributed by atoms with E-state index in [1.807, 2.05) is 18.2 Å². The fourth-order valence-electron chi connectivity index (χ4n) is 2.47. The molecule has 4 nitrogen and oxygen atoms in total. The van der Waals surface area contributed by atoms with E-state index >= 15 is 0 Å². The third-order valence-electron chi connectivity index (χ3n) is 3.54. The molecule has 0 spiro atoms. The first-order chi connectivity index (χ1) is 9.74. The van der Waals surface area contributed by atoms with Crippen LogP contribution in [-0.4, -0.2) is 16.0 Å². The Morgan fingerprint density at radius 2 is 2.00 bits per heavy atom. The number of hydrogen-bond acceptors (Lipinski definition) is 4. The van der Waals surface area contributed by atoms with Crippen molar-refractivity contribution in [1.82, 2.24) is 9.97 Å². The Morgan fingerprint density at radius 1 is 1.15 bits per heavy atom. The van der Waals surface area contributed by atoms with Gasteiger partial charge in [-0.15, -0.1) is 0 Å². The first-order valence-corrected chi connectivity index (χ1v) is 7.51. The Bertz CT molecular complexity index is 553. The van der Waals surface area contributed by atoms with Gasteiger partial charge in [0, 0.05) is 17.1 Å². The summed E-state index contributed by atoms with van der Waals surface area (Å²) >= 11 is 0. The van der Waals surface area contributed by atoms with Gasteiger partial charge in [-0.2, -0.15) is 0 Å². The minimum Gasteiger partial charge on any atom is -0.399 e. The normalized spacial score (nSPS) is 12.5. The standard InChI is InChI=1S/C16H24N4/c1-3-5-7-13(6-4-2)20-16-14-9-8-12(17)10-15(14)18-11-19-16/h8-11,13H,3-7,17H2,1-2H3,(H,18,19,20). The highest BCUT2D eigenvalue weighted by molar-refractivity contribution is 5.90. The van der Waals surface area contributed by atoms with Gasteiger partial charge >= 0.3 is 0 Å². The lowest BCUT2D eigenvalue weighted by Gasteiger charge is -2.19. The van der Waals surface area contributed by atoms with Gasteiger partial charge in [-0.3, -0.25) is 0 Å². The number of nitrogens with one attached hydrogen (secondary N) is 1. The predicted molar refractivity (Wildman–Crippen MR) is 85.8 cm³/mol. The van der Waals surface area contributed by atoms with Crippen molar-refractivity contribution in [3.05, 3.63) is 24.5 Å². The van der Waals surface area contributed by atoms with Crippen molar-refractivity contribution in [3.8, 4) is 0 Å². The Kier molecular flexibility index (Phi) is 5.16. The van der Waals surface area contributed by atoms with Crippen molar-refractivity contribution < 1.29 is 0 Å². The molecule has 2 rings (SSSR count). The number of hydrogen-bond donors (Lipinski definition) is 2. The molecule has 0 radical (unpaired) electrons. The van der Waals surface area contributed by atoms with Crippen LogP contribution in [0.2, 0.25) is 0 Å². The van der Waals surface area contributed by atoms with E-state index in [1.54, 1.807) is 6.33 Å². The minimum absolute atomic E-state index is 0.482. The fourth-order valence-corrected chi connectivity index (χ4v) is 2.47. The van der Waals surface area contributed by atoms with Gasteiger partial charge in [-0.05, 0) is 31.0 Å². The van der Waals surface area contributed by atoms with Crippen LogP contribution in [-0.2, 0) is 0 Å². The summed E-state index contributed by atoms with van der Waals surface area (Å²) in [7, 11) is 0. The fraction of sp³-hybridized carbons (Fsp3) is 0.500. The lowest BCUT2D eigenvalue weighted by atomic mass is 10.0. The molecule has 1 atom stereocenters. The third-order valence-corrected chi connectivity index (χ3v) is 3.54. The number of rotatable bonds is 7. The third kappa shape index (κ3) is 3.59. The second kappa shape index (κ2) is 7.08. The highest BCUT2D eigenvalue weighted by Gasteiger charge is 2.10. The molecule has 2 aromatic rings. The van der Waals surface area contributed by atoms with Crippen molar-refractivity contribution in [2.24, 2.45) is 0 Å². The first kappa shape index (κ1) is 14.6. The van der Waals surface area contributed by atoms with Gasteiger partial charge < -0.3 is 11.1 Å². The number of nitrogens with zero attached hydrogens (tertiary/aromatic N) is 2. The smallest absolute Gasteiger partial charge is 0.137 e. The van der Waals surface area contributed by atoms with Crippen LogP contribution in [0.3, 0.4) is 0 Å². The Labute approximate surface area is 120 Å². The molecule has 0 aliphatic carbocycles. The SMILES string of the molecule is CCCCC(CCC)Nc1ncnc2cc(N)ccc12. The van der Waals surface area contributed by atoms with Gasteiger partial charge in [0.05, 0.1) is 5.52 Å². The molecule has 3 N–H and O–H groups in total. The van der Waals surface area contributed by atoms with Gasteiger partial charge in [0.15, 0.2) is 0 Å². The molecule has 108 valence electrons. The molecule has 1 heterocycles. The predicted octanol–water partition coefficient (Wildman–Crippen LogP) is 3.98. The highest BCUT2D eigenvalue weighted by Crippen LogP contribution is 2.23. The van der Waals surface area contributed by atoms with Crippen LogP contribution in [0.25, 0.3) is 10.9 Å². The largest absolute Gasteiger partial charge is 0.399 e. The molecule has 0 saturated carbocycles. The van der Waals surface area contributed by atoms with Crippen LogP contribution in [0.1, 0.15) is 46.0 Å². The number of unbranched alkanes of at least 4 members (excludes halogenated alkanes) is 1. The number of anilines is 2. The summed E-state index contributed by atoms with van der Waals surface area (Å²) in [6.45, 7) is 4.45. The maximum absolute atomic E-state index is 5.81. The summed E-state index contributed by atoms with van der Waals surface area (Å²) in [5, 5.41) is 4.63. The van der Waals surface area contributed by atoms with E-state index in [-0.39, 0.29) is 0 Å². The van der Waals surface area contributed by atoms with Crippen LogP contribution in [0.5, 0.6) is 0 Å². The van der Waals surface area contributed by atoms with E-state index in [0.29, 0.717) is 6.04 Å². The Hall–Kier alpha value is -1.84. The summed E-state index contributed by atoms with van der Waals surface area (Å²) in [6.07, 6.45) is 7.60. The average molecular weight is 272 g/mol.